The Morgan fingerprint density at radius 2 is 2.27 bits per heavy atom. The van der Waals surface area contributed by atoms with Crippen molar-refractivity contribution < 1.29 is 14.5 Å². The first-order chi connectivity index (χ1) is 9.99. The summed E-state index contributed by atoms with van der Waals surface area (Å²) in [6.07, 6.45) is 1.58. The first-order valence-electron chi connectivity index (χ1n) is 6.37. The van der Waals surface area contributed by atoms with E-state index in [1.54, 1.807) is 18.2 Å². The highest BCUT2D eigenvalue weighted by atomic mass is 35.5. The monoisotopic (exact) mass is 329 g/mol. The lowest BCUT2D eigenvalue weighted by atomic mass is 10.1. The van der Waals surface area contributed by atoms with Gasteiger partial charge < -0.3 is 15.4 Å². The molecule has 0 aliphatic carbocycles. The molecular formula is C14H20ClN3O4. The van der Waals surface area contributed by atoms with Crippen molar-refractivity contribution in [3.63, 3.8) is 0 Å². The molecule has 0 saturated heterocycles. The number of methoxy groups -OCH3 is 1. The summed E-state index contributed by atoms with van der Waals surface area (Å²) < 4.78 is 4.87. The average molecular weight is 330 g/mol. The molecule has 0 radical (unpaired) electrons. The van der Waals surface area contributed by atoms with Gasteiger partial charge in [-0.15, -0.1) is 19.0 Å². The van der Waals surface area contributed by atoms with Crippen LogP contribution in [-0.4, -0.2) is 42.0 Å². The number of non-ortho nitro benzene ring substituents is 1. The van der Waals surface area contributed by atoms with Crippen LogP contribution >= 0.6 is 12.4 Å². The van der Waals surface area contributed by atoms with Crippen LogP contribution in [0.15, 0.2) is 36.9 Å². The predicted octanol–water partition coefficient (Wildman–Crippen LogP) is 1.50. The van der Waals surface area contributed by atoms with Crippen molar-refractivity contribution in [2.75, 3.05) is 20.3 Å². The molecule has 0 aliphatic rings. The summed E-state index contributed by atoms with van der Waals surface area (Å²) in [6, 6.07) is 5.37. The highest BCUT2D eigenvalue weighted by Crippen LogP contribution is 2.15. The lowest BCUT2D eigenvalue weighted by Crippen LogP contribution is -2.45. The van der Waals surface area contributed by atoms with Gasteiger partial charge >= 0.3 is 0 Å². The second kappa shape index (κ2) is 9.88. The molecular weight excluding hydrogens is 310 g/mol. The maximum absolute atomic E-state index is 12.2. The zero-order chi connectivity index (χ0) is 15.8. The van der Waals surface area contributed by atoms with Crippen LogP contribution in [0.1, 0.15) is 5.56 Å². The van der Waals surface area contributed by atoms with Crippen molar-refractivity contribution in [3.05, 3.63) is 52.6 Å². The topological polar surface area (TPSA) is 98.7 Å². The Balaban J connectivity index is 0.00000441. The van der Waals surface area contributed by atoms with E-state index in [9.17, 15) is 14.9 Å². The summed E-state index contributed by atoms with van der Waals surface area (Å²) in [5, 5.41) is 10.8. The van der Waals surface area contributed by atoms with Crippen LogP contribution in [0.5, 0.6) is 0 Å². The van der Waals surface area contributed by atoms with E-state index in [4.69, 9.17) is 10.5 Å². The smallest absolute Gasteiger partial charge is 0.269 e. The molecule has 7 nitrogen and oxygen atoms in total. The van der Waals surface area contributed by atoms with Gasteiger partial charge in [-0.2, -0.15) is 0 Å². The Kier molecular flexibility index (Phi) is 9.00. The minimum absolute atomic E-state index is 0. The Morgan fingerprint density at radius 3 is 2.82 bits per heavy atom. The quantitative estimate of drug-likeness (QED) is 0.443. The lowest BCUT2D eigenvalue weighted by Gasteiger charge is -2.24. The molecule has 1 aromatic rings. The molecule has 0 aliphatic heterocycles. The van der Waals surface area contributed by atoms with E-state index in [0.717, 1.165) is 0 Å². The summed E-state index contributed by atoms with van der Waals surface area (Å²) in [5.74, 6) is -0.289. The Labute approximate surface area is 135 Å². The molecule has 0 spiro atoms. The second-order valence-corrected chi connectivity index (χ2v) is 4.50. The highest BCUT2D eigenvalue weighted by Gasteiger charge is 2.20. The number of ether oxygens (including phenoxy) is 1. The van der Waals surface area contributed by atoms with E-state index >= 15 is 0 Å². The van der Waals surface area contributed by atoms with Crippen molar-refractivity contribution >= 4 is 24.0 Å². The van der Waals surface area contributed by atoms with Gasteiger partial charge in [0.15, 0.2) is 0 Å². The molecule has 1 atom stereocenters. The largest absolute Gasteiger partial charge is 0.383 e. The van der Waals surface area contributed by atoms with Crippen LogP contribution in [0.25, 0.3) is 0 Å². The molecule has 1 amide bonds. The standard InChI is InChI=1S/C14H19N3O4.ClH/c1-3-7-16(14(18)13(15)10-21-2)9-11-5-4-6-12(8-11)17(19)20;/h3-6,8,13H,1,7,9-10,15H2,2H3;1H. The fourth-order valence-electron chi connectivity index (χ4n) is 1.86. The minimum atomic E-state index is -0.770. The van der Waals surface area contributed by atoms with Crippen LogP contribution < -0.4 is 5.73 Å². The van der Waals surface area contributed by atoms with Gasteiger partial charge in [0.1, 0.15) is 6.04 Å². The van der Waals surface area contributed by atoms with Crippen LogP contribution in [0.2, 0.25) is 0 Å². The zero-order valence-corrected chi connectivity index (χ0v) is 13.1. The predicted molar refractivity (Wildman–Crippen MR) is 85.8 cm³/mol. The SMILES string of the molecule is C=CCN(Cc1cccc([N+](=O)[O-])c1)C(=O)C(N)COC.Cl. The summed E-state index contributed by atoms with van der Waals surface area (Å²) in [4.78, 5) is 24.0. The number of nitro benzene ring substituents is 1. The summed E-state index contributed by atoms with van der Waals surface area (Å²) in [6.45, 7) is 4.24. The van der Waals surface area contributed by atoms with Gasteiger partial charge in [-0.05, 0) is 5.56 Å². The van der Waals surface area contributed by atoms with Crippen molar-refractivity contribution in [1.29, 1.82) is 0 Å². The third kappa shape index (κ3) is 5.80. The fourth-order valence-corrected chi connectivity index (χ4v) is 1.86. The van der Waals surface area contributed by atoms with Gasteiger partial charge in [0.25, 0.3) is 5.69 Å². The van der Waals surface area contributed by atoms with E-state index < -0.39 is 11.0 Å². The molecule has 8 heteroatoms. The number of hydrogen-bond donors (Lipinski definition) is 1. The van der Waals surface area contributed by atoms with E-state index in [2.05, 4.69) is 6.58 Å². The number of halogens is 1. The fraction of sp³-hybridized carbons (Fsp3) is 0.357. The van der Waals surface area contributed by atoms with Gasteiger partial charge in [-0.3, -0.25) is 14.9 Å². The van der Waals surface area contributed by atoms with Crippen molar-refractivity contribution in [1.82, 2.24) is 4.90 Å². The zero-order valence-electron chi connectivity index (χ0n) is 12.3. The Morgan fingerprint density at radius 1 is 1.59 bits per heavy atom. The van der Waals surface area contributed by atoms with Crippen molar-refractivity contribution in [2.45, 2.75) is 12.6 Å². The van der Waals surface area contributed by atoms with Crippen LogP contribution in [0.4, 0.5) is 5.69 Å². The first kappa shape index (κ1) is 20.0. The number of nitrogens with zero attached hydrogens (tertiary/aromatic N) is 2. The molecule has 22 heavy (non-hydrogen) atoms. The first-order valence-corrected chi connectivity index (χ1v) is 6.37. The maximum atomic E-state index is 12.2. The van der Waals surface area contributed by atoms with Crippen LogP contribution in [0.3, 0.4) is 0 Å². The third-order valence-electron chi connectivity index (χ3n) is 2.82. The van der Waals surface area contributed by atoms with Crippen LogP contribution in [0, 0.1) is 10.1 Å². The van der Waals surface area contributed by atoms with Gasteiger partial charge in [-0.1, -0.05) is 18.2 Å². The molecule has 1 rings (SSSR count). The molecule has 0 fully saturated rings. The molecule has 122 valence electrons. The number of rotatable bonds is 8. The molecule has 0 bridgehead atoms. The number of benzene rings is 1. The van der Waals surface area contributed by atoms with Crippen LogP contribution in [-0.2, 0) is 16.1 Å². The van der Waals surface area contributed by atoms with E-state index in [1.165, 1.54) is 24.1 Å². The van der Waals surface area contributed by atoms with E-state index in [1.807, 2.05) is 0 Å². The molecule has 1 aromatic carbocycles. The van der Waals surface area contributed by atoms with Crippen molar-refractivity contribution in [3.8, 4) is 0 Å². The number of carbonyl (C=O) groups is 1. The molecule has 0 heterocycles. The van der Waals surface area contributed by atoms with E-state index in [-0.39, 0.29) is 37.2 Å². The van der Waals surface area contributed by atoms with Gasteiger partial charge in [0, 0.05) is 32.3 Å². The lowest BCUT2D eigenvalue weighted by molar-refractivity contribution is -0.384. The summed E-state index contributed by atoms with van der Waals surface area (Å²) >= 11 is 0. The van der Waals surface area contributed by atoms with Gasteiger partial charge in [0.2, 0.25) is 5.91 Å². The average Bonchev–Trinajstić information content (AvgIpc) is 2.46. The second-order valence-electron chi connectivity index (χ2n) is 4.50. The van der Waals surface area contributed by atoms with Crippen molar-refractivity contribution in [2.24, 2.45) is 5.73 Å². The maximum Gasteiger partial charge on any atom is 0.269 e. The number of hydrogen-bond acceptors (Lipinski definition) is 5. The molecule has 1 unspecified atom stereocenters. The number of amides is 1. The Hall–Kier alpha value is -1.96. The molecule has 0 saturated carbocycles. The third-order valence-corrected chi connectivity index (χ3v) is 2.82. The number of carbonyl (C=O) groups excluding carboxylic acids is 1. The number of nitrogens with two attached hydrogens (primary N) is 1. The number of nitro groups is 1. The molecule has 2 N–H and O–H groups in total. The van der Waals surface area contributed by atoms with E-state index in [0.29, 0.717) is 12.1 Å². The molecule has 0 aromatic heterocycles. The summed E-state index contributed by atoms with van der Waals surface area (Å²) in [5.41, 5.74) is 6.37. The highest BCUT2D eigenvalue weighted by molar-refractivity contribution is 5.85. The Bertz CT molecular complexity index is 525. The van der Waals surface area contributed by atoms with Gasteiger partial charge in [0.05, 0.1) is 11.5 Å². The van der Waals surface area contributed by atoms with Gasteiger partial charge in [-0.25, -0.2) is 0 Å². The summed E-state index contributed by atoms with van der Waals surface area (Å²) in [7, 11) is 1.46. The normalized spacial score (nSPS) is 11.2. The minimum Gasteiger partial charge on any atom is -0.383 e.